The van der Waals surface area contributed by atoms with E-state index < -0.39 is 0 Å². The molecule has 4 heterocycles. The van der Waals surface area contributed by atoms with E-state index >= 15 is 0 Å². The molecule has 0 radical (unpaired) electrons. The first-order chi connectivity index (χ1) is 17.6. The Morgan fingerprint density at radius 3 is 2.61 bits per heavy atom. The highest BCUT2D eigenvalue weighted by Crippen LogP contribution is 2.36. The van der Waals surface area contributed by atoms with Crippen LogP contribution in [0.1, 0.15) is 25.3 Å². The van der Waals surface area contributed by atoms with Gasteiger partial charge in [0.15, 0.2) is 5.65 Å². The minimum atomic E-state index is 0.477. The van der Waals surface area contributed by atoms with Crippen molar-refractivity contribution in [3.8, 4) is 34.5 Å². The average molecular weight is 482 g/mol. The van der Waals surface area contributed by atoms with E-state index in [1.807, 2.05) is 47.1 Å². The molecule has 5 rings (SSSR count). The number of nitriles is 1. The van der Waals surface area contributed by atoms with Gasteiger partial charge >= 0.3 is 6.01 Å². The van der Waals surface area contributed by atoms with Gasteiger partial charge in [0.2, 0.25) is 0 Å². The fourth-order valence-electron chi connectivity index (χ4n) is 4.80. The van der Waals surface area contributed by atoms with E-state index in [0.29, 0.717) is 24.1 Å². The van der Waals surface area contributed by atoms with Crippen LogP contribution in [0, 0.1) is 17.2 Å². The number of nitrogens with zero attached hydrogens (tertiary/aromatic N) is 7. The maximum atomic E-state index is 9.28. The zero-order chi connectivity index (χ0) is 25.1. The third-order valence-electron chi connectivity index (χ3n) is 6.73. The SMILES string of the molecule is CCCN(C)c1ccc(-c2c(-c3ccc(C#N)cc3)nc(OC[C@@H]3CCN(C)C3)n3ccnc23)cn1. The van der Waals surface area contributed by atoms with E-state index in [1.54, 1.807) is 6.20 Å². The Kier molecular flexibility index (Phi) is 6.83. The van der Waals surface area contributed by atoms with E-state index in [9.17, 15) is 5.26 Å². The molecule has 0 amide bonds. The van der Waals surface area contributed by atoms with E-state index in [-0.39, 0.29) is 0 Å². The second-order valence-electron chi connectivity index (χ2n) is 9.48. The van der Waals surface area contributed by atoms with E-state index in [0.717, 1.165) is 66.3 Å². The zero-order valence-corrected chi connectivity index (χ0v) is 21.1. The minimum absolute atomic E-state index is 0.477. The molecule has 0 aliphatic carbocycles. The van der Waals surface area contributed by atoms with Crippen molar-refractivity contribution in [2.45, 2.75) is 19.8 Å². The number of benzene rings is 1. The second-order valence-corrected chi connectivity index (χ2v) is 9.48. The Morgan fingerprint density at radius 1 is 1.14 bits per heavy atom. The predicted molar refractivity (Wildman–Crippen MR) is 141 cm³/mol. The maximum absolute atomic E-state index is 9.28. The smallest absolute Gasteiger partial charge is 0.302 e. The molecule has 184 valence electrons. The quantitative estimate of drug-likeness (QED) is 0.366. The fraction of sp³-hybridized carbons (Fsp3) is 0.357. The van der Waals surface area contributed by atoms with Gasteiger partial charge in [0.25, 0.3) is 0 Å². The van der Waals surface area contributed by atoms with Gasteiger partial charge in [0.05, 0.1) is 29.5 Å². The van der Waals surface area contributed by atoms with Crippen LogP contribution in [0.2, 0.25) is 0 Å². The number of imidazole rings is 1. The molecule has 1 atom stereocenters. The first kappa shape index (κ1) is 23.8. The lowest BCUT2D eigenvalue weighted by molar-refractivity contribution is 0.230. The first-order valence-electron chi connectivity index (χ1n) is 12.4. The molecule has 1 aliphatic rings. The Hall–Kier alpha value is -3.96. The third-order valence-corrected chi connectivity index (χ3v) is 6.73. The van der Waals surface area contributed by atoms with Crippen LogP contribution in [-0.4, -0.2) is 64.6 Å². The predicted octanol–water partition coefficient (Wildman–Crippen LogP) is 4.51. The normalized spacial score (nSPS) is 15.8. The molecular weight excluding hydrogens is 450 g/mol. The van der Waals surface area contributed by atoms with Crippen molar-refractivity contribution < 1.29 is 4.74 Å². The lowest BCUT2D eigenvalue weighted by atomic mass is 10.0. The number of fused-ring (bicyclic) bond motifs is 1. The van der Waals surface area contributed by atoms with Gasteiger partial charge in [-0.05, 0) is 50.7 Å². The molecule has 3 aromatic heterocycles. The minimum Gasteiger partial charge on any atom is -0.464 e. The summed E-state index contributed by atoms with van der Waals surface area (Å²) in [5.74, 6) is 1.40. The number of ether oxygens (including phenoxy) is 1. The molecule has 1 aliphatic heterocycles. The van der Waals surface area contributed by atoms with Gasteiger partial charge in [-0.1, -0.05) is 19.1 Å². The van der Waals surface area contributed by atoms with Crippen molar-refractivity contribution in [3.63, 3.8) is 0 Å². The van der Waals surface area contributed by atoms with Crippen LogP contribution in [0.4, 0.5) is 5.82 Å². The third kappa shape index (κ3) is 4.75. The summed E-state index contributed by atoms with van der Waals surface area (Å²) in [7, 11) is 4.19. The number of aromatic nitrogens is 4. The van der Waals surface area contributed by atoms with Crippen molar-refractivity contribution >= 4 is 11.5 Å². The summed E-state index contributed by atoms with van der Waals surface area (Å²) in [6, 6.07) is 14.3. The summed E-state index contributed by atoms with van der Waals surface area (Å²) in [6.07, 6.45) is 7.72. The number of hydrogen-bond donors (Lipinski definition) is 0. The molecule has 8 nitrogen and oxygen atoms in total. The van der Waals surface area contributed by atoms with Gasteiger partial charge in [-0.2, -0.15) is 10.2 Å². The maximum Gasteiger partial charge on any atom is 0.302 e. The Bertz CT molecular complexity index is 1370. The van der Waals surface area contributed by atoms with Gasteiger partial charge in [-0.15, -0.1) is 0 Å². The molecule has 8 heteroatoms. The molecule has 1 fully saturated rings. The largest absolute Gasteiger partial charge is 0.464 e. The Balaban J connectivity index is 1.60. The number of hydrogen-bond acceptors (Lipinski definition) is 7. The summed E-state index contributed by atoms with van der Waals surface area (Å²) in [6.45, 7) is 5.82. The van der Waals surface area contributed by atoms with Crippen molar-refractivity contribution in [3.05, 3.63) is 60.6 Å². The lowest BCUT2D eigenvalue weighted by Crippen LogP contribution is -2.19. The standard InChI is InChI=1S/C28H31N7O/c1-4-13-34(3)24-10-9-23(17-31-24)25-26(22-7-5-20(16-29)6-8-22)32-28(35-15-12-30-27(25)35)36-19-21-11-14-33(2)18-21/h5-10,12,15,17,21H,4,11,13-14,18-19H2,1-3H3/t21-/m1/s1. The average Bonchev–Trinajstić information content (AvgIpc) is 3.56. The molecule has 1 aromatic carbocycles. The highest BCUT2D eigenvalue weighted by atomic mass is 16.5. The summed E-state index contributed by atoms with van der Waals surface area (Å²) in [4.78, 5) is 18.9. The number of pyridine rings is 1. The van der Waals surface area contributed by atoms with Crippen molar-refractivity contribution in [2.24, 2.45) is 5.92 Å². The zero-order valence-electron chi connectivity index (χ0n) is 21.1. The van der Waals surface area contributed by atoms with Gasteiger partial charge in [0, 0.05) is 55.8 Å². The van der Waals surface area contributed by atoms with Crippen LogP contribution in [-0.2, 0) is 0 Å². The van der Waals surface area contributed by atoms with Crippen LogP contribution in [0.25, 0.3) is 28.0 Å². The molecule has 0 N–H and O–H groups in total. The summed E-state index contributed by atoms with van der Waals surface area (Å²) < 4.78 is 8.21. The van der Waals surface area contributed by atoms with Crippen molar-refractivity contribution in [2.75, 3.05) is 45.2 Å². The first-order valence-corrected chi connectivity index (χ1v) is 12.4. The summed E-state index contributed by atoms with van der Waals surface area (Å²) >= 11 is 0. The number of likely N-dealkylation sites (tertiary alicyclic amines) is 1. The van der Waals surface area contributed by atoms with Gasteiger partial charge < -0.3 is 14.5 Å². The lowest BCUT2D eigenvalue weighted by Gasteiger charge is -2.19. The Labute approximate surface area is 211 Å². The molecule has 0 unspecified atom stereocenters. The molecule has 0 spiro atoms. The second kappa shape index (κ2) is 10.3. The van der Waals surface area contributed by atoms with Crippen LogP contribution in [0.5, 0.6) is 6.01 Å². The fourth-order valence-corrected chi connectivity index (χ4v) is 4.80. The summed E-state index contributed by atoms with van der Waals surface area (Å²) in [5.41, 5.74) is 4.83. The van der Waals surface area contributed by atoms with Gasteiger partial charge in [-0.3, -0.25) is 4.40 Å². The van der Waals surface area contributed by atoms with Crippen LogP contribution >= 0.6 is 0 Å². The molecule has 0 saturated carbocycles. The highest BCUT2D eigenvalue weighted by Gasteiger charge is 2.23. The van der Waals surface area contributed by atoms with Crippen LogP contribution < -0.4 is 9.64 Å². The number of anilines is 1. The van der Waals surface area contributed by atoms with E-state index in [1.165, 1.54) is 0 Å². The van der Waals surface area contributed by atoms with Gasteiger partial charge in [0.1, 0.15) is 5.82 Å². The molecule has 1 saturated heterocycles. The Morgan fingerprint density at radius 2 is 1.94 bits per heavy atom. The molecule has 0 bridgehead atoms. The molecular formula is C28H31N7O. The molecule has 4 aromatic rings. The van der Waals surface area contributed by atoms with Crippen molar-refractivity contribution in [1.29, 1.82) is 5.26 Å². The van der Waals surface area contributed by atoms with Gasteiger partial charge in [-0.25, -0.2) is 9.97 Å². The topological polar surface area (TPSA) is 82.6 Å². The van der Waals surface area contributed by atoms with Crippen LogP contribution in [0.3, 0.4) is 0 Å². The van der Waals surface area contributed by atoms with E-state index in [4.69, 9.17) is 19.7 Å². The molecule has 36 heavy (non-hydrogen) atoms. The monoisotopic (exact) mass is 481 g/mol. The summed E-state index contributed by atoms with van der Waals surface area (Å²) in [5, 5.41) is 9.28. The van der Waals surface area contributed by atoms with Crippen molar-refractivity contribution in [1.82, 2.24) is 24.3 Å². The number of rotatable bonds is 8. The van der Waals surface area contributed by atoms with E-state index in [2.05, 4.69) is 43.0 Å². The highest BCUT2D eigenvalue weighted by molar-refractivity contribution is 5.90. The van der Waals surface area contributed by atoms with Crippen LogP contribution in [0.15, 0.2) is 55.0 Å².